The first-order valence-corrected chi connectivity index (χ1v) is 7.08. The summed E-state index contributed by atoms with van der Waals surface area (Å²) in [5.74, 6) is 0. The van der Waals surface area contributed by atoms with Gasteiger partial charge < -0.3 is 11.1 Å². The molecule has 2 aromatic rings. The topological polar surface area (TPSA) is 38.0 Å². The van der Waals surface area contributed by atoms with E-state index in [1.165, 1.54) is 6.07 Å². The van der Waals surface area contributed by atoms with E-state index in [1.807, 2.05) is 6.07 Å². The second-order valence-corrected chi connectivity index (χ2v) is 5.40. The number of halogens is 4. The number of benzene rings is 2. The molecule has 2 aromatic carbocycles. The van der Waals surface area contributed by atoms with Gasteiger partial charge in [0.1, 0.15) is 0 Å². The molecule has 3 N–H and O–H groups in total. The van der Waals surface area contributed by atoms with Crippen LogP contribution in [0.2, 0.25) is 10.0 Å². The predicted molar refractivity (Wildman–Crippen MR) is 84.5 cm³/mol. The number of hydrogen-bond acceptors (Lipinski definition) is 2. The van der Waals surface area contributed by atoms with Crippen LogP contribution in [-0.2, 0) is 6.42 Å². The third-order valence-corrected chi connectivity index (χ3v) is 3.62. The third kappa shape index (κ3) is 4.22. The highest BCUT2D eigenvalue weighted by atomic mass is 35.5. The lowest BCUT2D eigenvalue weighted by atomic mass is 10.1. The van der Waals surface area contributed by atoms with Crippen LogP contribution in [0.3, 0.4) is 0 Å². The van der Waals surface area contributed by atoms with Crippen molar-refractivity contribution in [1.82, 2.24) is 0 Å². The van der Waals surface area contributed by atoms with Gasteiger partial charge in [-0.2, -0.15) is 0 Å². The van der Waals surface area contributed by atoms with Crippen molar-refractivity contribution in [3.63, 3.8) is 0 Å². The molecule has 0 aliphatic heterocycles. The molecule has 21 heavy (non-hydrogen) atoms. The molecule has 0 aromatic heterocycles. The normalized spacial score (nSPS) is 10.9. The quantitative estimate of drug-likeness (QED) is 0.742. The van der Waals surface area contributed by atoms with Crippen LogP contribution in [0.1, 0.15) is 17.6 Å². The maximum absolute atomic E-state index is 12.9. The minimum atomic E-state index is -2.57. The number of nitrogens with two attached hydrogens (primary N) is 1. The fourth-order valence-electron chi connectivity index (χ4n) is 1.98. The number of nitrogen functional groups attached to an aromatic ring is 1. The van der Waals surface area contributed by atoms with Crippen molar-refractivity contribution in [3.05, 3.63) is 57.6 Å². The highest BCUT2D eigenvalue weighted by molar-refractivity contribution is 6.35. The monoisotopic (exact) mass is 330 g/mol. The van der Waals surface area contributed by atoms with E-state index in [-0.39, 0.29) is 5.56 Å². The highest BCUT2D eigenvalue weighted by Crippen LogP contribution is 2.29. The zero-order valence-corrected chi connectivity index (χ0v) is 12.6. The molecular formula is C15H14Cl2F2N2. The van der Waals surface area contributed by atoms with E-state index < -0.39 is 6.43 Å². The van der Waals surface area contributed by atoms with Crippen molar-refractivity contribution in [2.75, 3.05) is 17.6 Å². The molecule has 2 rings (SSSR count). The van der Waals surface area contributed by atoms with Crippen LogP contribution >= 0.6 is 23.2 Å². The molecule has 0 aliphatic rings. The number of rotatable bonds is 5. The summed E-state index contributed by atoms with van der Waals surface area (Å²) in [4.78, 5) is 0. The summed E-state index contributed by atoms with van der Waals surface area (Å²) in [5, 5.41) is 4.12. The Labute approximate surface area is 131 Å². The molecule has 0 aliphatic carbocycles. The summed E-state index contributed by atoms with van der Waals surface area (Å²) in [6.45, 7) is 0.477. The second kappa shape index (κ2) is 6.96. The Hall–Kier alpha value is -1.52. The van der Waals surface area contributed by atoms with E-state index >= 15 is 0 Å². The van der Waals surface area contributed by atoms with E-state index in [1.54, 1.807) is 24.3 Å². The number of hydrogen-bond donors (Lipinski definition) is 2. The van der Waals surface area contributed by atoms with Crippen LogP contribution in [0.5, 0.6) is 0 Å². The number of anilines is 2. The first-order chi connectivity index (χ1) is 9.97. The predicted octanol–water partition coefficient (Wildman–Crippen LogP) is 5.17. The molecule has 0 atom stereocenters. The highest BCUT2D eigenvalue weighted by Gasteiger charge is 2.13. The van der Waals surface area contributed by atoms with E-state index in [0.717, 1.165) is 5.56 Å². The van der Waals surface area contributed by atoms with E-state index in [9.17, 15) is 8.78 Å². The molecule has 0 unspecified atom stereocenters. The summed E-state index contributed by atoms with van der Waals surface area (Å²) in [6.07, 6.45) is -1.97. The molecule has 0 saturated carbocycles. The molecule has 6 heteroatoms. The van der Waals surface area contributed by atoms with Gasteiger partial charge in [0.2, 0.25) is 0 Å². The summed E-state index contributed by atoms with van der Waals surface area (Å²) < 4.78 is 25.9. The first kappa shape index (κ1) is 15.9. The Kier molecular flexibility index (Phi) is 5.26. The molecule has 0 radical (unpaired) electrons. The van der Waals surface area contributed by atoms with Crippen molar-refractivity contribution < 1.29 is 8.78 Å². The van der Waals surface area contributed by atoms with Crippen molar-refractivity contribution in [3.8, 4) is 0 Å². The Morgan fingerprint density at radius 3 is 2.52 bits per heavy atom. The summed E-state index contributed by atoms with van der Waals surface area (Å²) >= 11 is 11.9. The lowest BCUT2D eigenvalue weighted by Gasteiger charge is -2.13. The van der Waals surface area contributed by atoms with Gasteiger partial charge in [0.05, 0.1) is 0 Å². The summed E-state index contributed by atoms with van der Waals surface area (Å²) in [5.41, 5.74) is 7.03. The average molecular weight is 331 g/mol. The Balaban J connectivity index is 2.03. The SMILES string of the molecule is Nc1ccc(NCCc2ccc(Cl)cc2Cl)c(C(F)F)c1. The van der Waals surface area contributed by atoms with E-state index in [2.05, 4.69) is 5.32 Å². The zero-order chi connectivity index (χ0) is 15.4. The molecule has 0 amide bonds. The molecule has 0 spiro atoms. The molecule has 0 saturated heterocycles. The van der Waals surface area contributed by atoms with Gasteiger partial charge in [0, 0.05) is 33.5 Å². The Morgan fingerprint density at radius 1 is 1.10 bits per heavy atom. The zero-order valence-electron chi connectivity index (χ0n) is 11.0. The van der Waals surface area contributed by atoms with Crippen LogP contribution in [0.15, 0.2) is 36.4 Å². The van der Waals surface area contributed by atoms with Crippen molar-refractivity contribution in [1.29, 1.82) is 0 Å². The van der Waals surface area contributed by atoms with Crippen LogP contribution in [0, 0.1) is 0 Å². The maximum atomic E-state index is 12.9. The number of alkyl halides is 2. The second-order valence-electron chi connectivity index (χ2n) is 4.56. The maximum Gasteiger partial charge on any atom is 0.265 e. The van der Waals surface area contributed by atoms with Gasteiger partial charge >= 0.3 is 0 Å². The third-order valence-electron chi connectivity index (χ3n) is 3.04. The fraction of sp³-hybridized carbons (Fsp3) is 0.200. The van der Waals surface area contributed by atoms with Gasteiger partial charge in [0.15, 0.2) is 0 Å². The van der Waals surface area contributed by atoms with E-state index in [4.69, 9.17) is 28.9 Å². The Morgan fingerprint density at radius 2 is 1.86 bits per heavy atom. The van der Waals surface area contributed by atoms with Gasteiger partial charge in [-0.25, -0.2) is 8.78 Å². The van der Waals surface area contributed by atoms with Crippen molar-refractivity contribution in [2.24, 2.45) is 0 Å². The first-order valence-electron chi connectivity index (χ1n) is 6.32. The molecule has 112 valence electrons. The van der Waals surface area contributed by atoms with Crippen LogP contribution < -0.4 is 11.1 Å². The average Bonchev–Trinajstić information content (AvgIpc) is 2.42. The minimum absolute atomic E-state index is 0.0998. The molecule has 0 bridgehead atoms. The largest absolute Gasteiger partial charge is 0.399 e. The standard InChI is InChI=1S/C15H14Cl2F2N2/c16-10-2-1-9(13(17)7-10)5-6-21-14-4-3-11(20)8-12(14)15(18)19/h1-4,7-8,15,21H,5-6,20H2. The summed E-state index contributed by atoms with van der Waals surface area (Å²) in [6, 6.07) is 9.65. The van der Waals surface area contributed by atoms with Gasteiger partial charge in [-0.15, -0.1) is 0 Å². The smallest absolute Gasteiger partial charge is 0.265 e. The van der Waals surface area contributed by atoms with Crippen molar-refractivity contribution >= 4 is 34.6 Å². The van der Waals surface area contributed by atoms with Crippen LogP contribution in [0.25, 0.3) is 0 Å². The van der Waals surface area contributed by atoms with Gasteiger partial charge in [-0.05, 0) is 42.3 Å². The van der Waals surface area contributed by atoms with Crippen LogP contribution in [-0.4, -0.2) is 6.54 Å². The Bertz CT molecular complexity index is 633. The molecule has 0 fully saturated rings. The van der Waals surface area contributed by atoms with Gasteiger partial charge in [0.25, 0.3) is 6.43 Å². The number of nitrogens with one attached hydrogen (secondary N) is 1. The van der Waals surface area contributed by atoms with E-state index in [0.29, 0.717) is 34.4 Å². The summed E-state index contributed by atoms with van der Waals surface area (Å²) in [7, 11) is 0. The molecular weight excluding hydrogens is 317 g/mol. The van der Waals surface area contributed by atoms with Gasteiger partial charge in [-0.1, -0.05) is 29.3 Å². The van der Waals surface area contributed by atoms with Crippen molar-refractivity contribution in [2.45, 2.75) is 12.8 Å². The van der Waals surface area contributed by atoms with Gasteiger partial charge in [-0.3, -0.25) is 0 Å². The lowest BCUT2D eigenvalue weighted by Crippen LogP contribution is -2.08. The fourth-order valence-corrected chi connectivity index (χ4v) is 2.48. The molecule has 2 nitrogen and oxygen atoms in total. The minimum Gasteiger partial charge on any atom is -0.399 e. The van der Waals surface area contributed by atoms with Crippen LogP contribution in [0.4, 0.5) is 20.2 Å². The lowest BCUT2D eigenvalue weighted by molar-refractivity contribution is 0.152. The molecule has 0 heterocycles.